The van der Waals surface area contributed by atoms with E-state index in [0.29, 0.717) is 11.4 Å². The van der Waals surface area contributed by atoms with E-state index in [9.17, 15) is 9.59 Å². The zero-order chi connectivity index (χ0) is 27.5. The predicted octanol–water partition coefficient (Wildman–Crippen LogP) is 4.45. The van der Waals surface area contributed by atoms with E-state index in [-0.39, 0.29) is 11.8 Å². The minimum atomic E-state index is -1.25. The minimum absolute atomic E-state index is 0.153. The molecule has 10 rings (SSSR count). The van der Waals surface area contributed by atoms with Crippen molar-refractivity contribution in [3.05, 3.63) is 144 Å². The fourth-order valence-corrected chi connectivity index (χ4v) is 6.91. The Morgan fingerprint density at radius 1 is 0.500 bits per heavy atom. The highest BCUT2D eigenvalue weighted by molar-refractivity contribution is 6.23. The molecule has 6 nitrogen and oxygen atoms in total. The zero-order valence-corrected chi connectivity index (χ0v) is 22.3. The molecule has 4 aromatic rings. The largest absolute Gasteiger partial charge is 0.326 e. The van der Waals surface area contributed by atoms with Gasteiger partial charge in [-0.25, -0.2) is 0 Å². The molecular formula is C34H28N4O2. The molecule has 0 N–H and O–H groups in total. The highest BCUT2D eigenvalue weighted by Gasteiger charge is 2.69. The Kier molecular flexibility index (Phi) is 5.36. The van der Waals surface area contributed by atoms with Crippen molar-refractivity contribution in [2.24, 2.45) is 9.98 Å². The molecule has 4 unspecified atom stereocenters. The summed E-state index contributed by atoms with van der Waals surface area (Å²) < 4.78 is 0. The highest BCUT2D eigenvalue weighted by atomic mass is 16.2. The van der Waals surface area contributed by atoms with Gasteiger partial charge in [0.1, 0.15) is 11.1 Å². The number of amides is 2. The Bertz CT molecular complexity index is 1540. The van der Waals surface area contributed by atoms with Gasteiger partial charge in [0.05, 0.1) is 11.4 Å². The second-order valence-electron chi connectivity index (χ2n) is 10.6. The van der Waals surface area contributed by atoms with Crippen LogP contribution in [0.5, 0.6) is 0 Å². The van der Waals surface area contributed by atoms with Gasteiger partial charge in [0.25, 0.3) is 11.8 Å². The SMILES string of the molecule is CN1C(=O)C2N=C(c3ccccc3)C1(c1ccccc1)C1N=C(c3ccccc3)C2(c2ccccc2)N(C)C1=O. The molecule has 0 aromatic heterocycles. The van der Waals surface area contributed by atoms with Gasteiger partial charge in [0.2, 0.25) is 0 Å². The van der Waals surface area contributed by atoms with Crippen LogP contribution in [0, 0.1) is 0 Å². The minimum Gasteiger partial charge on any atom is -0.326 e. The van der Waals surface area contributed by atoms with Gasteiger partial charge in [-0.1, -0.05) is 121 Å². The average molecular weight is 525 g/mol. The Labute approximate surface area is 233 Å². The molecule has 4 aromatic carbocycles. The van der Waals surface area contributed by atoms with Crippen LogP contribution in [0.4, 0.5) is 0 Å². The summed E-state index contributed by atoms with van der Waals surface area (Å²) >= 11 is 0. The van der Waals surface area contributed by atoms with E-state index >= 15 is 0 Å². The fourth-order valence-electron chi connectivity index (χ4n) is 6.91. The number of hydrogen-bond acceptors (Lipinski definition) is 4. The Morgan fingerprint density at radius 2 is 0.800 bits per heavy atom. The van der Waals surface area contributed by atoms with Crippen LogP contribution >= 0.6 is 0 Å². The molecule has 40 heavy (non-hydrogen) atoms. The van der Waals surface area contributed by atoms with Gasteiger partial charge >= 0.3 is 0 Å². The second kappa shape index (κ2) is 8.85. The highest BCUT2D eigenvalue weighted by Crippen LogP contribution is 2.52. The monoisotopic (exact) mass is 524 g/mol. The molecular weight excluding hydrogens is 496 g/mol. The summed E-state index contributed by atoms with van der Waals surface area (Å²) in [6, 6.07) is 37.3. The van der Waals surface area contributed by atoms with Crippen molar-refractivity contribution in [2.45, 2.75) is 23.2 Å². The molecule has 0 radical (unpaired) electrons. The first-order valence-electron chi connectivity index (χ1n) is 13.5. The van der Waals surface area contributed by atoms with Crippen LogP contribution in [0.15, 0.2) is 131 Å². The first kappa shape index (κ1) is 24.2. The maximum atomic E-state index is 14.7. The van der Waals surface area contributed by atoms with E-state index in [1.54, 1.807) is 23.9 Å². The van der Waals surface area contributed by atoms with E-state index in [0.717, 1.165) is 22.3 Å². The lowest BCUT2D eigenvalue weighted by Crippen LogP contribution is -2.78. The number of nitrogens with zero attached hydrogens (tertiary/aromatic N) is 4. The lowest BCUT2D eigenvalue weighted by molar-refractivity contribution is -0.154. The van der Waals surface area contributed by atoms with Crippen molar-refractivity contribution in [1.82, 2.24) is 9.80 Å². The van der Waals surface area contributed by atoms with Gasteiger partial charge < -0.3 is 9.80 Å². The molecule has 196 valence electrons. The molecule has 6 heteroatoms. The summed E-state index contributed by atoms with van der Waals surface area (Å²) in [6.07, 6.45) is 0. The topological polar surface area (TPSA) is 65.3 Å². The molecule has 0 spiro atoms. The van der Waals surface area contributed by atoms with Crippen LogP contribution in [0.2, 0.25) is 0 Å². The molecule has 0 saturated carbocycles. The molecule has 2 amide bonds. The average Bonchev–Trinajstić information content (AvgIpc) is 3.01. The third kappa shape index (κ3) is 2.99. The van der Waals surface area contributed by atoms with E-state index < -0.39 is 23.2 Å². The smallest absolute Gasteiger partial charge is 0.251 e. The van der Waals surface area contributed by atoms with Gasteiger partial charge in [-0.05, 0) is 22.3 Å². The first-order chi connectivity index (χ1) is 19.5. The Morgan fingerprint density at radius 3 is 1.12 bits per heavy atom. The Hall–Kier alpha value is -4.84. The van der Waals surface area contributed by atoms with Crippen LogP contribution in [-0.4, -0.2) is 59.2 Å². The van der Waals surface area contributed by atoms with Crippen molar-refractivity contribution in [2.75, 3.05) is 14.1 Å². The molecule has 1 saturated heterocycles. The fraction of sp³-hybridized carbons (Fsp3) is 0.176. The third-order valence-electron chi connectivity index (χ3n) is 8.74. The standard InChI is InChI=1S/C34H28N4O2/c1-37-31(39)29-34(26-21-13-6-14-22-26)28(24-17-9-4-10-18-24)36-30(32(40)38(34)2)33(37,25-19-11-5-12-20-25)27(35-29)23-15-7-3-8-16-23/h3-22,29-30H,1-2H3. The maximum Gasteiger partial charge on any atom is 0.251 e. The Balaban J connectivity index is 1.67. The molecule has 6 heterocycles. The zero-order valence-electron chi connectivity index (χ0n) is 22.3. The molecule has 1 fully saturated rings. The first-order valence-corrected chi connectivity index (χ1v) is 13.5. The number of likely N-dealkylation sites (N-methyl/N-ethyl adjacent to an activating group) is 2. The molecule has 4 bridgehead atoms. The van der Waals surface area contributed by atoms with Crippen molar-refractivity contribution in [3.63, 3.8) is 0 Å². The van der Waals surface area contributed by atoms with E-state index in [1.807, 2.05) is 121 Å². The van der Waals surface area contributed by atoms with Crippen LogP contribution < -0.4 is 0 Å². The number of benzene rings is 4. The van der Waals surface area contributed by atoms with Gasteiger partial charge in [-0.2, -0.15) is 0 Å². The molecule has 6 aliphatic rings. The van der Waals surface area contributed by atoms with Crippen LogP contribution in [0.1, 0.15) is 22.3 Å². The predicted molar refractivity (Wildman–Crippen MR) is 155 cm³/mol. The summed E-state index contributed by atoms with van der Waals surface area (Å²) in [5.74, 6) is -0.305. The molecule has 0 aliphatic carbocycles. The summed E-state index contributed by atoms with van der Waals surface area (Å²) in [4.78, 5) is 43.7. The van der Waals surface area contributed by atoms with Gasteiger partial charge in [0, 0.05) is 14.1 Å². The van der Waals surface area contributed by atoms with E-state index in [4.69, 9.17) is 9.98 Å². The maximum absolute atomic E-state index is 14.7. The van der Waals surface area contributed by atoms with Crippen LogP contribution in [0.25, 0.3) is 0 Å². The third-order valence-corrected chi connectivity index (χ3v) is 8.74. The lowest BCUT2D eigenvalue weighted by Gasteiger charge is -2.60. The number of carbonyl (C=O) groups excluding carboxylic acids is 2. The number of carbonyl (C=O) groups is 2. The summed E-state index contributed by atoms with van der Waals surface area (Å²) in [6.45, 7) is 0. The normalized spacial score (nSPS) is 27.2. The quantitative estimate of drug-likeness (QED) is 0.396. The lowest BCUT2D eigenvalue weighted by atomic mass is 9.64. The van der Waals surface area contributed by atoms with Crippen molar-refractivity contribution >= 4 is 23.2 Å². The number of hydrogen-bond donors (Lipinski definition) is 0. The molecule has 6 aliphatic heterocycles. The van der Waals surface area contributed by atoms with Crippen molar-refractivity contribution in [3.8, 4) is 0 Å². The van der Waals surface area contributed by atoms with E-state index in [2.05, 4.69) is 0 Å². The summed E-state index contributed by atoms with van der Waals surface area (Å²) in [5, 5.41) is 0. The van der Waals surface area contributed by atoms with Gasteiger partial charge in [-0.15, -0.1) is 0 Å². The molecule has 4 atom stereocenters. The van der Waals surface area contributed by atoms with Crippen molar-refractivity contribution in [1.29, 1.82) is 0 Å². The van der Waals surface area contributed by atoms with Gasteiger partial charge in [-0.3, -0.25) is 19.6 Å². The summed E-state index contributed by atoms with van der Waals surface area (Å²) in [7, 11) is 3.59. The number of rotatable bonds is 4. The van der Waals surface area contributed by atoms with Gasteiger partial charge in [0.15, 0.2) is 12.1 Å². The number of aliphatic imine (C=N–C) groups is 2. The van der Waals surface area contributed by atoms with Crippen LogP contribution in [-0.2, 0) is 20.7 Å². The second-order valence-corrected chi connectivity index (χ2v) is 10.6. The van der Waals surface area contributed by atoms with E-state index in [1.165, 1.54) is 0 Å². The summed E-state index contributed by atoms with van der Waals surface area (Å²) in [5.41, 5.74) is 2.17. The van der Waals surface area contributed by atoms with Crippen LogP contribution in [0.3, 0.4) is 0 Å². The van der Waals surface area contributed by atoms with Crippen molar-refractivity contribution < 1.29 is 9.59 Å².